The molecule has 1 N–H and O–H groups in total. The summed E-state index contributed by atoms with van der Waals surface area (Å²) in [5.74, 6) is 0.404. The first-order chi connectivity index (χ1) is 6.74. The van der Waals surface area contributed by atoms with Gasteiger partial charge < -0.3 is 0 Å². The first kappa shape index (κ1) is 11.2. The van der Waals surface area contributed by atoms with E-state index in [2.05, 4.69) is 0 Å². The lowest BCUT2D eigenvalue weighted by Crippen LogP contribution is -2.49. The fraction of sp³-hybridized carbons (Fsp3) is 1.00. The summed E-state index contributed by atoms with van der Waals surface area (Å²) in [6, 6.07) is 0. The summed E-state index contributed by atoms with van der Waals surface area (Å²) in [7, 11) is -5.18. The van der Waals surface area contributed by atoms with E-state index in [1.165, 1.54) is 0 Å². The molecule has 0 amide bonds. The van der Waals surface area contributed by atoms with Crippen molar-refractivity contribution < 1.29 is 21.6 Å². The highest BCUT2D eigenvalue weighted by Crippen LogP contribution is 2.48. The number of halogens is 3. The molecule has 3 nitrogen and oxygen atoms in total. The lowest BCUT2D eigenvalue weighted by Gasteiger charge is -2.27. The second kappa shape index (κ2) is 3.10. The Kier molecular flexibility index (Phi) is 2.31. The molecule has 0 aromatic rings. The lowest BCUT2D eigenvalue weighted by atomic mass is 9.95. The minimum Gasteiger partial charge on any atom is -0.203 e. The van der Waals surface area contributed by atoms with Gasteiger partial charge in [0.15, 0.2) is 0 Å². The van der Waals surface area contributed by atoms with Crippen molar-refractivity contribution in [2.24, 2.45) is 5.92 Å². The van der Waals surface area contributed by atoms with Crippen LogP contribution >= 0.6 is 0 Å². The SMILES string of the molecule is O=S(=O)(NC12CCC(CC1)C2)C(F)(F)F. The summed E-state index contributed by atoms with van der Waals surface area (Å²) in [6.45, 7) is 0. The maximum Gasteiger partial charge on any atom is 0.511 e. The minimum atomic E-state index is -5.19. The molecule has 0 aromatic heterocycles. The van der Waals surface area contributed by atoms with Crippen LogP contribution in [0.1, 0.15) is 32.1 Å². The number of rotatable bonds is 2. The smallest absolute Gasteiger partial charge is 0.203 e. The molecule has 15 heavy (non-hydrogen) atoms. The van der Waals surface area contributed by atoms with Crippen LogP contribution in [0.25, 0.3) is 0 Å². The normalized spacial score (nSPS) is 36.1. The Labute approximate surface area is 86.1 Å². The Bertz CT molecular complexity index is 355. The van der Waals surface area contributed by atoms with E-state index in [9.17, 15) is 21.6 Å². The third-order valence-corrected chi connectivity index (χ3v) is 4.71. The number of hydrogen-bond acceptors (Lipinski definition) is 2. The van der Waals surface area contributed by atoms with Gasteiger partial charge in [0.2, 0.25) is 0 Å². The van der Waals surface area contributed by atoms with Gasteiger partial charge in [0.05, 0.1) is 0 Å². The van der Waals surface area contributed by atoms with Crippen LogP contribution in [0.4, 0.5) is 13.2 Å². The third-order valence-electron chi connectivity index (χ3n) is 3.40. The van der Waals surface area contributed by atoms with Crippen LogP contribution in [0.2, 0.25) is 0 Å². The van der Waals surface area contributed by atoms with Crippen LogP contribution in [-0.4, -0.2) is 19.5 Å². The van der Waals surface area contributed by atoms with Gasteiger partial charge in [0.25, 0.3) is 0 Å². The van der Waals surface area contributed by atoms with Crippen molar-refractivity contribution in [1.29, 1.82) is 0 Å². The standard InChI is InChI=1S/C8H12F3NO2S/c9-8(10,11)15(13,14)12-7-3-1-6(5-7)2-4-7/h6,12H,1-5H2. The highest BCUT2D eigenvalue weighted by Gasteiger charge is 2.54. The molecule has 2 rings (SSSR count). The molecule has 0 unspecified atom stereocenters. The molecule has 2 saturated carbocycles. The summed E-state index contributed by atoms with van der Waals surface area (Å²) < 4.78 is 60.2. The van der Waals surface area contributed by atoms with Crippen LogP contribution in [0, 0.1) is 5.92 Å². The number of nitrogens with one attached hydrogen (secondary N) is 1. The van der Waals surface area contributed by atoms with E-state index in [1.54, 1.807) is 0 Å². The van der Waals surface area contributed by atoms with Gasteiger partial charge in [-0.3, -0.25) is 0 Å². The van der Waals surface area contributed by atoms with Gasteiger partial charge in [-0.15, -0.1) is 0 Å². The van der Waals surface area contributed by atoms with Crippen molar-refractivity contribution in [2.75, 3.05) is 0 Å². The summed E-state index contributed by atoms with van der Waals surface area (Å²) >= 11 is 0. The maximum absolute atomic E-state index is 12.2. The Hall–Kier alpha value is -0.300. The topological polar surface area (TPSA) is 46.2 Å². The Balaban J connectivity index is 2.16. The number of sulfonamides is 1. The lowest BCUT2D eigenvalue weighted by molar-refractivity contribution is -0.0456. The van der Waals surface area contributed by atoms with E-state index in [1.807, 2.05) is 4.72 Å². The molecular weight excluding hydrogens is 231 g/mol. The van der Waals surface area contributed by atoms with Gasteiger partial charge in [-0.2, -0.15) is 13.2 Å². The van der Waals surface area contributed by atoms with Gasteiger partial charge in [0, 0.05) is 5.54 Å². The summed E-state index contributed by atoms with van der Waals surface area (Å²) in [4.78, 5) is 0. The molecule has 0 saturated heterocycles. The second-order valence-electron chi connectivity index (χ2n) is 4.48. The van der Waals surface area contributed by atoms with Crippen molar-refractivity contribution >= 4 is 10.0 Å². The van der Waals surface area contributed by atoms with Crippen LogP contribution in [0.5, 0.6) is 0 Å². The molecular formula is C8H12F3NO2S. The molecule has 0 radical (unpaired) electrons. The Morgan fingerprint density at radius 3 is 2.07 bits per heavy atom. The van der Waals surface area contributed by atoms with E-state index in [4.69, 9.17) is 0 Å². The minimum absolute atomic E-state index is 0.404. The highest BCUT2D eigenvalue weighted by atomic mass is 32.2. The number of alkyl halides is 3. The van der Waals surface area contributed by atoms with Gasteiger partial charge in [-0.05, 0) is 38.0 Å². The molecule has 2 bridgehead atoms. The highest BCUT2D eigenvalue weighted by molar-refractivity contribution is 7.90. The first-order valence-corrected chi connectivity index (χ1v) is 6.33. The Morgan fingerprint density at radius 1 is 1.20 bits per heavy atom. The summed E-state index contributed by atoms with van der Waals surface area (Å²) in [5.41, 5.74) is -6.00. The van der Waals surface area contributed by atoms with Crippen LogP contribution in [0.3, 0.4) is 0 Å². The Morgan fingerprint density at radius 2 is 1.73 bits per heavy atom. The molecule has 0 aliphatic heterocycles. The second-order valence-corrected chi connectivity index (χ2v) is 6.15. The van der Waals surface area contributed by atoms with E-state index >= 15 is 0 Å². The molecule has 0 spiro atoms. The van der Waals surface area contributed by atoms with Crippen molar-refractivity contribution in [3.05, 3.63) is 0 Å². The zero-order chi connectivity index (χ0) is 11.3. The molecule has 0 atom stereocenters. The average molecular weight is 243 g/mol. The average Bonchev–Trinajstić information content (AvgIpc) is 2.59. The van der Waals surface area contributed by atoms with Crippen molar-refractivity contribution in [3.63, 3.8) is 0 Å². The van der Waals surface area contributed by atoms with E-state index in [0.29, 0.717) is 25.2 Å². The first-order valence-electron chi connectivity index (χ1n) is 4.84. The van der Waals surface area contributed by atoms with Crippen LogP contribution in [0.15, 0.2) is 0 Å². The van der Waals surface area contributed by atoms with Gasteiger partial charge in [-0.25, -0.2) is 13.1 Å². The van der Waals surface area contributed by atoms with E-state index in [0.717, 1.165) is 12.8 Å². The maximum atomic E-state index is 12.2. The monoisotopic (exact) mass is 243 g/mol. The van der Waals surface area contributed by atoms with E-state index in [-0.39, 0.29) is 0 Å². The molecule has 0 aromatic carbocycles. The van der Waals surface area contributed by atoms with E-state index < -0.39 is 21.1 Å². The predicted molar refractivity (Wildman–Crippen MR) is 47.4 cm³/mol. The fourth-order valence-corrected chi connectivity index (χ4v) is 3.65. The predicted octanol–water partition coefficient (Wildman–Crippen LogP) is 1.76. The zero-order valence-electron chi connectivity index (χ0n) is 7.97. The van der Waals surface area contributed by atoms with Gasteiger partial charge >= 0.3 is 15.5 Å². The third kappa shape index (κ3) is 1.87. The number of fused-ring (bicyclic) bond motifs is 2. The molecule has 2 aliphatic carbocycles. The van der Waals surface area contributed by atoms with Gasteiger partial charge in [0.1, 0.15) is 0 Å². The molecule has 2 aliphatic rings. The van der Waals surface area contributed by atoms with Crippen LogP contribution < -0.4 is 4.72 Å². The quantitative estimate of drug-likeness (QED) is 0.803. The van der Waals surface area contributed by atoms with Crippen molar-refractivity contribution in [1.82, 2.24) is 4.72 Å². The molecule has 88 valence electrons. The molecule has 7 heteroatoms. The van der Waals surface area contributed by atoms with Crippen LogP contribution in [-0.2, 0) is 10.0 Å². The summed E-state index contributed by atoms with van der Waals surface area (Å²) in [5, 5.41) is 0. The zero-order valence-corrected chi connectivity index (χ0v) is 8.79. The largest absolute Gasteiger partial charge is 0.511 e. The van der Waals surface area contributed by atoms with Crippen molar-refractivity contribution in [3.8, 4) is 0 Å². The van der Waals surface area contributed by atoms with Crippen molar-refractivity contribution in [2.45, 2.75) is 43.2 Å². The molecule has 2 fully saturated rings. The summed E-state index contributed by atoms with van der Waals surface area (Å²) in [6.07, 6.45) is 3.29. The molecule has 0 heterocycles. The fourth-order valence-electron chi connectivity index (χ4n) is 2.68. The number of hydrogen-bond donors (Lipinski definition) is 1. The van der Waals surface area contributed by atoms with Gasteiger partial charge in [-0.1, -0.05) is 0 Å².